The van der Waals surface area contributed by atoms with Gasteiger partial charge in [-0.2, -0.15) is 0 Å². The third kappa shape index (κ3) is 4.44. The summed E-state index contributed by atoms with van der Waals surface area (Å²) in [6.45, 7) is 2.00. The Morgan fingerprint density at radius 2 is 2.00 bits per heavy atom. The average Bonchev–Trinajstić information content (AvgIpc) is 2.68. The van der Waals surface area contributed by atoms with E-state index in [2.05, 4.69) is 5.32 Å². The number of rotatable bonds is 4. The molecular weight excluding hydrogens is 252 g/mol. The maximum Gasteiger partial charge on any atom is 0.258 e. The van der Waals surface area contributed by atoms with E-state index in [1.54, 1.807) is 6.07 Å². The first-order valence-electron chi connectivity index (χ1n) is 7.43. The molecule has 1 aromatic carbocycles. The van der Waals surface area contributed by atoms with Gasteiger partial charge in [0.05, 0.1) is 0 Å². The Kier molecular flexibility index (Phi) is 5.27. The van der Waals surface area contributed by atoms with Gasteiger partial charge in [0.25, 0.3) is 5.91 Å². The van der Waals surface area contributed by atoms with E-state index in [9.17, 15) is 4.79 Å². The van der Waals surface area contributed by atoms with Gasteiger partial charge in [0.1, 0.15) is 5.75 Å². The van der Waals surface area contributed by atoms with E-state index in [1.807, 2.05) is 19.1 Å². The monoisotopic (exact) mass is 276 g/mol. The molecule has 1 saturated carbocycles. The minimum absolute atomic E-state index is 0.0428. The van der Waals surface area contributed by atoms with Gasteiger partial charge in [0.2, 0.25) is 0 Å². The van der Waals surface area contributed by atoms with E-state index < -0.39 is 0 Å². The van der Waals surface area contributed by atoms with Crippen LogP contribution < -0.4 is 15.8 Å². The first-order valence-corrected chi connectivity index (χ1v) is 7.43. The molecule has 3 N–H and O–H groups in total. The first kappa shape index (κ1) is 14.7. The van der Waals surface area contributed by atoms with Crippen LogP contribution in [0.4, 0.5) is 5.69 Å². The van der Waals surface area contributed by atoms with E-state index >= 15 is 0 Å². The summed E-state index contributed by atoms with van der Waals surface area (Å²) in [4.78, 5) is 11.9. The molecule has 2 rings (SSSR count). The van der Waals surface area contributed by atoms with Crippen molar-refractivity contribution in [3.63, 3.8) is 0 Å². The Morgan fingerprint density at radius 1 is 1.30 bits per heavy atom. The molecule has 0 heterocycles. The topological polar surface area (TPSA) is 64.3 Å². The largest absolute Gasteiger partial charge is 0.483 e. The van der Waals surface area contributed by atoms with Crippen LogP contribution in [-0.2, 0) is 4.79 Å². The van der Waals surface area contributed by atoms with Crippen LogP contribution in [0.2, 0.25) is 0 Å². The number of carbonyl (C=O) groups excluding carboxylic acids is 1. The summed E-state index contributed by atoms with van der Waals surface area (Å²) in [7, 11) is 0. The van der Waals surface area contributed by atoms with E-state index in [4.69, 9.17) is 10.5 Å². The van der Waals surface area contributed by atoms with Gasteiger partial charge in [-0.3, -0.25) is 4.79 Å². The first-order chi connectivity index (χ1) is 9.65. The van der Waals surface area contributed by atoms with Crippen molar-refractivity contribution in [3.05, 3.63) is 23.8 Å². The maximum absolute atomic E-state index is 11.9. The molecule has 1 amide bonds. The number of nitrogens with one attached hydrogen (secondary N) is 1. The summed E-state index contributed by atoms with van der Waals surface area (Å²) in [5.41, 5.74) is 7.36. The highest BCUT2D eigenvalue weighted by molar-refractivity contribution is 5.77. The molecule has 0 saturated heterocycles. The molecule has 0 atom stereocenters. The van der Waals surface area contributed by atoms with Crippen molar-refractivity contribution in [1.82, 2.24) is 5.32 Å². The average molecular weight is 276 g/mol. The fraction of sp³-hybridized carbons (Fsp3) is 0.562. The van der Waals surface area contributed by atoms with Gasteiger partial charge < -0.3 is 15.8 Å². The van der Waals surface area contributed by atoms with Crippen LogP contribution in [0.25, 0.3) is 0 Å². The van der Waals surface area contributed by atoms with E-state index in [0.29, 0.717) is 17.5 Å². The molecular formula is C16H24N2O2. The lowest BCUT2D eigenvalue weighted by Gasteiger charge is -2.17. The molecule has 1 aliphatic carbocycles. The number of benzene rings is 1. The molecule has 1 aromatic rings. The van der Waals surface area contributed by atoms with Crippen LogP contribution in [0, 0.1) is 6.92 Å². The Balaban J connectivity index is 1.81. The highest BCUT2D eigenvalue weighted by Gasteiger charge is 2.15. The standard InChI is InChI=1S/C16H24N2O2/c1-12-8-9-13(17)10-15(12)20-11-16(19)18-14-6-4-2-3-5-7-14/h8-10,14H,2-7,11,17H2,1H3,(H,18,19). The van der Waals surface area contributed by atoms with Crippen molar-refractivity contribution >= 4 is 11.6 Å². The summed E-state index contributed by atoms with van der Waals surface area (Å²) < 4.78 is 5.56. The number of amides is 1. The van der Waals surface area contributed by atoms with Gasteiger partial charge >= 0.3 is 0 Å². The lowest BCUT2D eigenvalue weighted by atomic mass is 10.1. The Morgan fingerprint density at radius 3 is 2.70 bits per heavy atom. The zero-order valence-corrected chi connectivity index (χ0v) is 12.2. The van der Waals surface area contributed by atoms with E-state index in [-0.39, 0.29) is 12.5 Å². The number of hydrogen-bond acceptors (Lipinski definition) is 3. The Hall–Kier alpha value is -1.71. The quantitative estimate of drug-likeness (QED) is 0.656. The number of carbonyl (C=O) groups is 1. The van der Waals surface area contributed by atoms with Gasteiger partial charge in [-0.1, -0.05) is 31.7 Å². The number of hydrogen-bond donors (Lipinski definition) is 2. The molecule has 0 aromatic heterocycles. The number of nitrogens with two attached hydrogens (primary N) is 1. The number of ether oxygens (including phenoxy) is 1. The van der Waals surface area contributed by atoms with Gasteiger partial charge in [0.15, 0.2) is 6.61 Å². The summed E-state index contributed by atoms with van der Waals surface area (Å²) >= 11 is 0. The van der Waals surface area contributed by atoms with Crippen molar-refractivity contribution in [3.8, 4) is 5.75 Å². The van der Waals surface area contributed by atoms with Crippen LogP contribution in [0.1, 0.15) is 44.1 Å². The number of aryl methyl sites for hydroxylation is 1. The summed E-state index contributed by atoms with van der Waals surface area (Å²) in [5.74, 6) is 0.639. The molecule has 0 aliphatic heterocycles. The summed E-state index contributed by atoms with van der Waals surface area (Å²) in [6, 6.07) is 5.80. The van der Waals surface area contributed by atoms with Gasteiger partial charge in [0, 0.05) is 17.8 Å². The van der Waals surface area contributed by atoms with Crippen LogP contribution in [-0.4, -0.2) is 18.6 Å². The molecule has 4 nitrogen and oxygen atoms in total. The molecule has 4 heteroatoms. The SMILES string of the molecule is Cc1ccc(N)cc1OCC(=O)NC1CCCCCC1. The van der Waals surface area contributed by atoms with E-state index in [0.717, 1.165) is 18.4 Å². The molecule has 0 radical (unpaired) electrons. The second-order valence-electron chi connectivity index (χ2n) is 5.57. The second-order valence-corrected chi connectivity index (χ2v) is 5.57. The fourth-order valence-electron chi connectivity index (χ4n) is 2.61. The minimum atomic E-state index is -0.0428. The second kappa shape index (κ2) is 7.17. The van der Waals surface area contributed by atoms with Gasteiger partial charge in [-0.25, -0.2) is 0 Å². The van der Waals surface area contributed by atoms with Crippen molar-refractivity contribution < 1.29 is 9.53 Å². The number of anilines is 1. The smallest absolute Gasteiger partial charge is 0.258 e. The highest BCUT2D eigenvalue weighted by Crippen LogP contribution is 2.21. The number of nitrogen functional groups attached to an aromatic ring is 1. The van der Waals surface area contributed by atoms with Crippen LogP contribution in [0.15, 0.2) is 18.2 Å². The van der Waals surface area contributed by atoms with Crippen LogP contribution >= 0.6 is 0 Å². The summed E-state index contributed by atoms with van der Waals surface area (Å²) in [5, 5.41) is 3.07. The Bertz CT molecular complexity index is 452. The zero-order valence-electron chi connectivity index (χ0n) is 12.2. The fourth-order valence-corrected chi connectivity index (χ4v) is 2.61. The molecule has 1 aliphatic rings. The normalized spacial score (nSPS) is 16.4. The molecule has 1 fully saturated rings. The van der Waals surface area contributed by atoms with Crippen molar-refractivity contribution in [2.75, 3.05) is 12.3 Å². The molecule has 20 heavy (non-hydrogen) atoms. The molecule has 0 spiro atoms. The molecule has 0 bridgehead atoms. The van der Waals surface area contributed by atoms with Crippen molar-refractivity contribution in [2.24, 2.45) is 0 Å². The minimum Gasteiger partial charge on any atom is -0.483 e. The lowest BCUT2D eigenvalue weighted by molar-refractivity contribution is -0.123. The van der Waals surface area contributed by atoms with Crippen molar-refractivity contribution in [2.45, 2.75) is 51.5 Å². The lowest BCUT2D eigenvalue weighted by Crippen LogP contribution is -2.37. The zero-order chi connectivity index (χ0) is 14.4. The predicted molar refractivity (Wildman–Crippen MR) is 80.7 cm³/mol. The molecule has 0 unspecified atom stereocenters. The highest BCUT2D eigenvalue weighted by atomic mass is 16.5. The Labute approximate surface area is 120 Å². The van der Waals surface area contributed by atoms with E-state index in [1.165, 1.54) is 25.7 Å². The maximum atomic E-state index is 11.9. The van der Waals surface area contributed by atoms with Crippen LogP contribution in [0.5, 0.6) is 5.75 Å². The predicted octanol–water partition coefficient (Wildman–Crippen LogP) is 2.80. The summed E-state index contributed by atoms with van der Waals surface area (Å²) in [6.07, 6.45) is 7.16. The van der Waals surface area contributed by atoms with Crippen molar-refractivity contribution in [1.29, 1.82) is 0 Å². The molecule has 110 valence electrons. The van der Waals surface area contributed by atoms with Gasteiger partial charge in [-0.15, -0.1) is 0 Å². The van der Waals surface area contributed by atoms with Crippen LogP contribution in [0.3, 0.4) is 0 Å². The third-order valence-corrected chi connectivity index (χ3v) is 3.79. The third-order valence-electron chi connectivity index (χ3n) is 3.79. The van der Waals surface area contributed by atoms with Gasteiger partial charge in [-0.05, 0) is 31.4 Å².